The Kier molecular flexibility index (Phi) is 3.47. The van der Waals surface area contributed by atoms with Crippen molar-refractivity contribution in [2.24, 2.45) is 0 Å². The van der Waals surface area contributed by atoms with E-state index in [0.29, 0.717) is 11.3 Å². The number of hydrogen-bond donors (Lipinski definition) is 1. The highest BCUT2D eigenvalue weighted by Crippen LogP contribution is 2.23. The van der Waals surface area contributed by atoms with Crippen molar-refractivity contribution in [3.05, 3.63) is 79.1 Å². The van der Waals surface area contributed by atoms with E-state index in [1.54, 1.807) is 0 Å². The summed E-state index contributed by atoms with van der Waals surface area (Å²) in [5.41, 5.74) is 3.42. The third-order valence-electron chi connectivity index (χ3n) is 3.60. The zero-order valence-corrected chi connectivity index (χ0v) is 12.6. The lowest BCUT2D eigenvalue weighted by molar-refractivity contribution is 0.102. The van der Waals surface area contributed by atoms with E-state index in [9.17, 15) is 4.79 Å². The molecule has 0 bridgehead atoms. The molecule has 4 rings (SSSR count). The first-order valence-corrected chi connectivity index (χ1v) is 7.42. The molecule has 0 spiro atoms. The largest absolute Gasteiger partial charge is 0.317 e. The standard InChI is InChI=1S/C18H13N5O/c24-18(15-11-19-8-9-20-15)22-14-7-4-10-23-12-16(21-17(14)23)13-5-2-1-3-6-13/h1-12H,(H,22,24). The van der Waals surface area contributed by atoms with Crippen LogP contribution in [0.4, 0.5) is 5.69 Å². The van der Waals surface area contributed by atoms with Gasteiger partial charge in [0.2, 0.25) is 0 Å². The molecule has 1 amide bonds. The maximum Gasteiger partial charge on any atom is 0.275 e. The fraction of sp³-hybridized carbons (Fsp3) is 0. The van der Waals surface area contributed by atoms with Crippen LogP contribution in [0.2, 0.25) is 0 Å². The molecular formula is C18H13N5O. The van der Waals surface area contributed by atoms with E-state index in [1.807, 2.05) is 59.3 Å². The highest BCUT2D eigenvalue weighted by molar-refractivity contribution is 6.04. The minimum absolute atomic E-state index is 0.259. The number of nitrogens with zero attached hydrogens (tertiary/aromatic N) is 4. The van der Waals surface area contributed by atoms with Crippen LogP contribution in [0.15, 0.2) is 73.4 Å². The van der Waals surface area contributed by atoms with Crippen LogP contribution in [-0.4, -0.2) is 25.3 Å². The van der Waals surface area contributed by atoms with Gasteiger partial charge in [-0.05, 0) is 12.1 Å². The van der Waals surface area contributed by atoms with Gasteiger partial charge in [-0.1, -0.05) is 30.3 Å². The SMILES string of the molecule is O=C(Nc1cccn2cc(-c3ccccc3)nc12)c1cnccn1. The van der Waals surface area contributed by atoms with Gasteiger partial charge in [0.15, 0.2) is 5.65 Å². The molecule has 0 saturated heterocycles. The average molecular weight is 315 g/mol. The van der Waals surface area contributed by atoms with Crippen molar-refractivity contribution in [2.75, 3.05) is 5.32 Å². The van der Waals surface area contributed by atoms with Crippen LogP contribution in [0.1, 0.15) is 10.5 Å². The number of amides is 1. The summed E-state index contributed by atoms with van der Waals surface area (Å²) in [7, 11) is 0. The molecule has 1 N–H and O–H groups in total. The van der Waals surface area contributed by atoms with E-state index in [2.05, 4.69) is 20.3 Å². The molecule has 0 atom stereocenters. The maximum atomic E-state index is 12.3. The molecule has 6 heteroatoms. The Balaban J connectivity index is 1.71. The first kappa shape index (κ1) is 14.1. The molecule has 0 aliphatic carbocycles. The summed E-state index contributed by atoms with van der Waals surface area (Å²) in [6.45, 7) is 0. The summed E-state index contributed by atoms with van der Waals surface area (Å²) >= 11 is 0. The molecule has 0 radical (unpaired) electrons. The molecule has 0 fully saturated rings. The Morgan fingerprint density at radius 1 is 1.04 bits per heavy atom. The van der Waals surface area contributed by atoms with Crippen molar-refractivity contribution in [1.29, 1.82) is 0 Å². The van der Waals surface area contributed by atoms with Crippen molar-refractivity contribution in [1.82, 2.24) is 19.4 Å². The van der Waals surface area contributed by atoms with Crippen LogP contribution in [0.25, 0.3) is 16.9 Å². The number of nitrogens with one attached hydrogen (secondary N) is 1. The van der Waals surface area contributed by atoms with Gasteiger partial charge in [-0.15, -0.1) is 0 Å². The van der Waals surface area contributed by atoms with Gasteiger partial charge >= 0.3 is 0 Å². The van der Waals surface area contributed by atoms with E-state index < -0.39 is 0 Å². The van der Waals surface area contributed by atoms with Crippen LogP contribution in [0.5, 0.6) is 0 Å². The molecule has 3 aromatic heterocycles. The number of rotatable bonds is 3. The lowest BCUT2D eigenvalue weighted by Gasteiger charge is -2.05. The first-order chi connectivity index (χ1) is 11.8. The van der Waals surface area contributed by atoms with Gasteiger partial charge in [0.05, 0.1) is 17.6 Å². The molecule has 0 unspecified atom stereocenters. The van der Waals surface area contributed by atoms with Gasteiger partial charge in [0, 0.05) is 30.4 Å². The fourth-order valence-electron chi connectivity index (χ4n) is 2.46. The average Bonchev–Trinajstić information content (AvgIpc) is 3.08. The third-order valence-corrected chi connectivity index (χ3v) is 3.60. The molecule has 0 aliphatic heterocycles. The number of anilines is 1. The Morgan fingerprint density at radius 3 is 2.71 bits per heavy atom. The van der Waals surface area contributed by atoms with Gasteiger partial charge in [-0.2, -0.15) is 0 Å². The highest BCUT2D eigenvalue weighted by Gasteiger charge is 2.12. The summed E-state index contributed by atoms with van der Waals surface area (Å²) in [6.07, 6.45) is 8.27. The number of benzene rings is 1. The number of fused-ring (bicyclic) bond motifs is 1. The van der Waals surface area contributed by atoms with Crippen LogP contribution in [0, 0.1) is 0 Å². The predicted octanol–water partition coefficient (Wildman–Crippen LogP) is 3.04. The van der Waals surface area contributed by atoms with Crippen LogP contribution in [0.3, 0.4) is 0 Å². The molecular weight excluding hydrogens is 302 g/mol. The minimum Gasteiger partial charge on any atom is -0.317 e. The zero-order chi connectivity index (χ0) is 16.4. The highest BCUT2D eigenvalue weighted by atomic mass is 16.1. The number of imidazole rings is 1. The minimum atomic E-state index is -0.319. The zero-order valence-electron chi connectivity index (χ0n) is 12.6. The Morgan fingerprint density at radius 2 is 1.92 bits per heavy atom. The second-order valence-corrected chi connectivity index (χ2v) is 5.19. The molecule has 116 valence electrons. The van der Waals surface area contributed by atoms with Crippen LogP contribution < -0.4 is 5.32 Å². The lowest BCUT2D eigenvalue weighted by Crippen LogP contribution is -2.14. The number of carbonyl (C=O) groups excluding carboxylic acids is 1. The molecule has 0 aliphatic rings. The molecule has 1 aromatic carbocycles. The summed E-state index contributed by atoms with van der Waals surface area (Å²) in [6, 6.07) is 13.6. The summed E-state index contributed by atoms with van der Waals surface area (Å²) in [5.74, 6) is -0.319. The monoisotopic (exact) mass is 315 g/mol. The Bertz CT molecular complexity index is 996. The molecule has 0 saturated carbocycles. The Hall–Kier alpha value is -3.54. The van der Waals surface area contributed by atoms with E-state index in [0.717, 1.165) is 11.3 Å². The number of hydrogen-bond acceptors (Lipinski definition) is 4. The van der Waals surface area contributed by atoms with E-state index in [1.165, 1.54) is 18.6 Å². The second kappa shape index (κ2) is 5.92. The quantitative estimate of drug-likeness (QED) is 0.631. The van der Waals surface area contributed by atoms with Crippen molar-refractivity contribution in [3.63, 3.8) is 0 Å². The van der Waals surface area contributed by atoms with Crippen LogP contribution >= 0.6 is 0 Å². The van der Waals surface area contributed by atoms with Gasteiger partial charge in [0.1, 0.15) is 5.69 Å². The van der Waals surface area contributed by atoms with Gasteiger partial charge in [-0.25, -0.2) is 9.97 Å². The predicted molar refractivity (Wildman–Crippen MR) is 90.6 cm³/mol. The van der Waals surface area contributed by atoms with Crippen molar-refractivity contribution in [2.45, 2.75) is 0 Å². The van der Waals surface area contributed by atoms with E-state index in [4.69, 9.17) is 0 Å². The topological polar surface area (TPSA) is 72.2 Å². The lowest BCUT2D eigenvalue weighted by atomic mass is 10.2. The maximum absolute atomic E-state index is 12.3. The summed E-state index contributed by atoms with van der Waals surface area (Å²) in [4.78, 5) is 24.8. The smallest absolute Gasteiger partial charge is 0.275 e. The van der Waals surface area contributed by atoms with Crippen molar-refractivity contribution >= 4 is 17.2 Å². The fourth-order valence-corrected chi connectivity index (χ4v) is 2.46. The van der Waals surface area contributed by atoms with Gasteiger partial charge < -0.3 is 9.72 Å². The van der Waals surface area contributed by atoms with Crippen LogP contribution in [-0.2, 0) is 0 Å². The first-order valence-electron chi connectivity index (χ1n) is 7.42. The molecule has 3 heterocycles. The van der Waals surface area contributed by atoms with Crippen molar-refractivity contribution in [3.8, 4) is 11.3 Å². The molecule has 6 nitrogen and oxygen atoms in total. The van der Waals surface area contributed by atoms with E-state index in [-0.39, 0.29) is 11.6 Å². The number of pyridine rings is 1. The molecule has 4 aromatic rings. The third kappa shape index (κ3) is 2.61. The Labute approximate surface area is 137 Å². The van der Waals surface area contributed by atoms with Crippen molar-refractivity contribution < 1.29 is 4.79 Å². The summed E-state index contributed by atoms with van der Waals surface area (Å²) in [5, 5.41) is 2.84. The molecule has 24 heavy (non-hydrogen) atoms. The van der Waals surface area contributed by atoms with E-state index >= 15 is 0 Å². The van der Waals surface area contributed by atoms with Gasteiger partial charge in [-0.3, -0.25) is 9.78 Å². The number of carbonyl (C=O) groups is 1. The summed E-state index contributed by atoms with van der Waals surface area (Å²) < 4.78 is 1.88. The van der Waals surface area contributed by atoms with Gasteiger partial charge in [0.25, 0.3) is 5.91 Å². The second-order valence-electron chi connectivity index (χ2n) is 5.19. The normalized spacial score (nSPS) is 10.7. The number of aromatic nitrogens is 4.